The number of nitrogens with one attached hydrogen (secondary N) is 1. The summed E-state index contributed by atoms with van der Waals surface area (Å²) in [6, 6.07) is 9.18. The molecule has 2 aromatic carbocycles. The molecule has 6 nitrogen and oxygen atoms in total. The Balaban J connectivity index is 1.48. The van der Waals surface area contributed by atoms with Crippen LogP contribution in [0.25, 0.3) is 44.0 Å². The summed E-state index contributed by atoms with van der Waals surface area (Å²) in [7, 11) is 0. The third-order valence-electron chi connectivity index (χ3n) is 5.34. The minimum atomic E-state index is -0.667. The van der Waals surface area contributed by atoms with Crippen molar-refractivity contribution in [2.45, 2.75) is 18.8 Å². The van der Waals surface area contributed by atoms with Gasteiger partial charge in [0.05, 0.1) is 5.52 Å². The number of rotatable bonds is 4. The third kappa shape index (κ3) is 3.17. The number of aromatic amines is 1. The normalized spacial score (nSPS) is 13.7. The fourth-order valence-corrected chi connectivity index (χ4v) is 4.64. The van der Waals surface area contributed by atoms with E-state index in [9.17, 15) is 8.78 Å². The largest absolute Gasteiger partial charge is 0.284 e. The molecule has 0 aliphatic heterocycles. The number of benzene rings is 2. The molecule has 3 heterocycles. The topological polar surface area (TPSA) is 80.2 Å². The van der Waals surface area contributed by atoms with Crippen molar-refractivity contribution in [3.05, 3.63) is 65.6 Å². The van der Waals surface area contributed by atoms with Gasteiger partial charge in [-0.1, -0.05) is 17.4 Å². The number of hydrogen-bond acceptors (Lipinski definition) is 6. The molecular formula is C22H14F2N6S. The van der Waals surface area contributed by atoms with Gasteiger partial charge in [0.15, 0.2) is 5.01 Å². The molecule has 0 atom stereocenters. The van der Waals surface area contributed by atoms with Crippen LogP contribution in [0.3, 0.4) is 0 Å². The van der Waals surface area contributed by atoms with Gasteiger partial charge >= 0.3 is 0 Å². The molecule has 1 saturated carbocycles. The van der Waals surface area contributed by atoms with Crippen LogP contribution < -0.4 is 0 Å². The summed E-state index contributed by atoms with van der Waals surface area (Å²) in [5.74, 6) is -0.776. The number of nitrogens with zero attached hydrogens (tertiary/aromatic N) is 5. The van der Waals surface area contributed by atoms with E-state index in [-0.39, 0.29) is 5.56 Å². The van der Waals surface area contributed by atoms with E-state index in [1.54, 1.807) is 17.5 Å². The van der Waals surface area contributed by atoms with Gasteiger partial charge in [0.2, 0.25) is 0 Å². The molecule has 1 fully saturated rings. The van der Waals surface area contributed by atoms with E-state index in [0.29, 0.717) is 22.9 Å². The van der Waals surface area contributed by atoms with E-state index >= 15 is 0 Å². The van der Waals surface area contributed by atoms with Crippen molar-refractivity contribution in [3.8, 4) is 33.1 Å². The second kappa shape index (κ2) is 6.98. The van der Waals surface area contributed by atoms with Gasteiger partial charge in [0, 0.05) is 34.7 Å². The fraction of sp³-hybridized carbons (Fsp3) is 0.136. The maximum absolute atomic E-state index is 14.4. The predicted molar refractivity (Wildman–Crippen MR) is 113 cm³/mol. The van der Waals surface area contributed by atoms with Crippen LogP contribution in [0.15, 0.2) is 48.9 Å². The number of halogens is 2. The number of fused-ring (bicyclic) bond motifs is 1. The SMILES string of the molecule is Fc1ccc(-c2n[nH]cc2-c2ccc3ncnc(-c4nnc(C5CC5)s4)c3c2)c(F)c1. The maximum atomic E-state index is 14.4. The molecular weight excluding hydrogens is 418 g/mol. The Kier molecular flexibility index (Phi) is 4.10. The molecule has 1 N–H and O–H groups in total. The van der Waals surface area contributed by atoms with Crippen LogP contribution in [0, 0.1) is 11.6 Å². The summed E-state index contributed by atoms with van der Waals surface area (Å²) >= 11 is 1.56. The highest BCUT2D eigenvalue weighted by Gasteiger charge is 2.28. The second-order valence-electron chi connectivity index (χ2n) is 7.45. The van der Waals surface area contributed by atoms with E-state index < -0.39 is 11.6 Å². The molecule has 0 spiro atoms. The average Bonchev–Trinajstić information content (AvgIpc) is 3.31. The van der Waals surface area contributed by atoms with Crippen LogP contribution in [-0.4, -0.2) is 30.4 Å². The van der Waals surface area contributed by atoms with E-state index in [4.69, 9.17) is 0 Å². The van der Waals surface area contributed by atoms with Crippen LogP contribution >= 0.6 is 11.3 Å². The lowest BCUT2D eigenvalue weighted by molar-refractivity contribution is 0.585. The zero-order valence-corrected chi connectivity index (χ0v) is 16.8. The molecule has 0 radical (unpaired) electrons. The van der Waals surface area contributed by atoms with Crippen molar-refractivity contribution in [2.75, 3.05) is 0 Å². The standard InChI is InChI=1S/C22H14F2N6S/c23-13-4-5-14(17(24)8-13)19-16(9-27-28-19)12-3-6-18-15(7-12)20(26-10-25-18)22-30-29-21(31-22)11-1-2-11/h3-11H,1-2H2,(H,27,28). The third-order valence-corrected chi connectivity index (χ3v) is 6.44. The molecule has 0 bridgehead atoms. The van der Waals surface area contributed by atoms with Crippen LogP contribution in [0.4, 0.5) is 8.78 Å². The van der Waals surface area contributed by atoms with Crippen molar-refractivity contribution in [3.63, 3.8) is 0 Å². The first-order valence-electron chi connectivity index (χ1n) is 9.75. The van der Waals surface area contributed by atoms with Gasteiger partial charge in [0.1, 0.15) is 34.4 Å². The predicted octanol–water partition coefficient (Wildman–Crippen LogP) is 5.36. The average molecular weight is 432 g/mol. The van der Waals surface area contributed by atoms with Gasteiger partial charge in [-0.15, -0.1) is 10.2 Å². The maximum Gasteiger partial charge on any atom is 0.167 e. The molecule has 31 heavy (non-hydrogen) atoms. The molecule has 1 aliphatic carbocycles. The van der Waals surface area contributed by atoms with Crippen molar-refractivity contribution in [2.24, 2.45) is 0 Å². The monoisotopic (exact) mass is 432 g/mol. The Morgan fingerprint density at radius 1 is 0.935 bits per heavy atom. The lowest BCUT2D eigenvalue weighted by atomic mass is 9.99. The smallest absolute Gasteiger partial charge is 0.167 e. The van der Waals surface area contributed by atoms with Crippen LogP contribution in [0.5, 0.6) is 0 Å². The summed E-state index contributed by atoms with van der Waals surface area (Å²) in [6.45, 7) is 0. The number of aromatic nitrogens is 6. The summed E-state index contributed by atoms with van der Waals surface area (Å²) < 4.78 is 27.7. The Morgan fingerprint density at radius 2 is 1.84 bits per heavy atom. The fourth-order valence-electron chi connectivity index (χ4n) is 3.62. The Bertz CT molecular complexity index is 1440. The highest BCUT2D eigenvalue weighted by Crippen LogP contribution is 2.43. The molecule has 0 saturated heterocycles. The van der Waals surface area contributed by atoms with E-state index in [1.807, 2.05) is 18.2 Å². The molecule has 152 valence electrons. The van der Waals surface area contributed by atoms with Gasteiger partial charge in [-0.2, -0.15) is 5.10 Å². The van der Waals surface area contributed by atoms with Crippen molar-refractivity contribution < 1.29 is 8.78 Å². The number of hydrogen-bond donors (Lipinski definition) is 1. The molecule has 9 heteroatoms. The summed E-state index contributed by atoms with van der Waals surface area (Å²) in [4.78, 5) is 8.84. The highest BCUT2D eigenvalue weighted by molar-refractivity contribution is 7.14. The van der Waals surface area contributed by atoms with Crippen molar-refractivity contribution in [1.29, 1.82) is 0 Å². The second-order valence-corrected chi connectivity index (χ2v) is 8.45. The molecule has 3 aromatic heterocycles. The quantitative estimate of drug-likeness (QED) is 0.413. The first kappa shape index (κ1) is 18.2. The first-order valence-corrected chi connectivity index (χ1v) is 10.6. The van der Waals surface area contributed by atoms with Crippen LogP contribution in [-0.2, 0) is 0 Å². The van der Waals surface area contributed by atoms with Gasteiger partial charge in [-0.05, 0) is 42.7 Å². The van der Waals surface area contributed by atoms with Crippen molar-refractivity contribution >= 4 is 22.2 Å². The first-order chi connectivity index (χ1) is 15.2. The Labute approximate surface area is 179 Å². The lowest BCUT2D eigenvalue weighted by Gasteiger charge is -2.07. The molecule has 1 aliphatic rings. The van der Waals surface area contributed by atoms with Crippen LogP contribution in [0.2, 0.25) is 0 Å². The lowest BCUT2D eigenvalue weighted by Crippen LogP contribution is -1.91. The van der Waals surface area contributed by atoms with Gasteiger partial charge in [-0.25, -0.2) is 18.7 Å². The zero-order valence-electron chi connectivity index (χ0n) is 16.0. The van der Waals surface area contributed by atoms with Crippen LogP contribution in [0.1, 0.15) is 23.8 Å². The van der Waals surface area contributed by atoms with Gasteiger partial charge in [-0.3, -0.25) is 5.10 Å². The minimum Gasteiger partial charge on any atom is -0.284 e. The molecule has 0 amide bonds. The molecule has 0 unspecified atom stereocenters. The Hall–Kier alpha value is -3.59. The molecule has 6 rings (SSSR count). The van der Waals surface area contributed by atoms with E-state index in [0.717, 1.165) is 45.4 Å². The van der Waals surface area contributed by atoms with Crippen molar-refractivity contribution in [1.82, 2.24) is 30.4 Å². The molecule has 5 aromatic rings. The number of H-pyrrole nitrogens is 1. The summed E-state index contributed by atoms with van der Waals surface area (Å²) in [5, 5.41) is 18.3. The zero-order chi connectivity index (χ0) is 20.9. The van der Waals surface area contributed by atoms with Gasteiger partial charge in [0.25, 0.3) is 0 Å². The highest BCUT2D eigenvalue weighted by atomic mass is 32.1. The Morgan fingerprint density at radius 3 is 2.68 bits per heavy atom. The van der Waals surface area contributed by atoms with Gasteiger partial charge < -0.3 is 0 Å². The van der Waals surface area contributed by atoms with E-state index in [1.165, 1.54) is 18.5 Å². The summed E-state index contributed by atoms with van der Waals surface area (Å²) in [6.07, 6.45) is 5.53. The minimum absolute atomic E-state index is 0.223. The summed E-state index contributed by atoms with van der Waals surface area (Å²) in [5.41, 5.74) is 3.62. The van der Waals surface area contributed by atoms with E-state index in [2.05, 4.69) is 30.4 Å².